The van der Waals surface area contributed by atoms with Crippen LogP contribution in [0.2, 0.25) is 0 Å². The molecule has 0 aromatic carbocycles. The van der Waals surface area contributed by atoms with E-state index in [4.69, 9.17) is 15.9 Å². The Morgan fingerprint density at radius 1 is 1.32 bits per heavy atom. The van der Waals surface area contributed by atoms with Gasteiger partial charge < -0.3 is 14.8 Å². The van der Waals surface area contributed by atoms with Crippen molar-refractivity contribution in [2.45, 2.75) is 52.7 Å². The number of esters is 1. The van der Waals surface area contributed by atoms with Crippen LogP contribution in [0.5, 0.6) is 0 Å². The predicted octanol–water partition coefficient (Wildman–Crippen LogP) is 2.10. The summed E-state index contributed by atoms with van der Waals surface area (Å²) in [6, 6.07) is -0.876. The minimum absolute atomic E-state index is 0.0656. The van der Waals surface area contributed by atoms with E-state index < -0.39 is 23.7 Å². The van der Waals surface area contributed by atoms with Gasteiger partial charge in [0.25, 0.3) is 0 Å². The molecule has 0 aromatic rings. The zero-order valence-corrected chi connectivity index (χ0v) is 12.3. The highest BCUT2D eigenvalue weighted by molar-refractivity contribution is 5.81. The molecule has 1 N–H and O–H groups in total. The van der Waals surface area contributed by atoms with Crippen LogP contribution >= 0.6 is 0 Å². The van der Waals surface area contributed by atoms with E-state index in [1.165, 1.54) is 0 Å². The molecule has 108 valence electrons. The smallest absolute Gasteiger partial charge is 0.408 e. The molecular formula is C14H23NO4. The Bertz CT molecular complexity index is 349. The summed E-state index contributed by atoms with van der Waals surface area (Å²) in [5.74, 6) is 2.01. The van der Waals surface area contributed by atoms with Crippen LogP contribution in [0.25, 0.3) is 0 Å². The lowest BCUT2D eigenvalue weighted by Gasteiger charge is -2.22. The highest BCUT2D eigenvalue weighted by atomic mass is 16.6. The second-order valence-electron chi connectivity index (χ2n) is 5.63. The number of carbonyl (C=O) groups excluding carboxylic acids is 2. The number of rotatable bonds is 5. The molecule has 19 heavy (non-hydrogen) atoms. The first-order valence-corrected chi connectivity index (χ1v) is 6.25. The van der Waals surface area contributed by atoms with Gasteiger partial charge >= 0.3 is 12.1 Å². The third-order valence-electron chi connectivity index (χ3n) is 1.86. The summed E-state index contributed by atoms with van der Waals surface area (Å²) in [6.45, 7) is 9.34. The SMILES string of the molecule is C#CC[C@H](NC(=O)OC(C)(C)C)C(=O)OCC(C)C. The first-order valence-electron chi connectivity index (χ1n) is 6.25. The third kappa shape index (κ3) is 8.95. The van der Waals surface area contributed by atoms with Gasteiger partial charge in [0.1, 0.15) is 11.6 Å². The number of hydrogen-bond donors (Lipinski definition) is 1. The van der Waals surface area contributed by atoms with Gasteiger partial charge in [-0.1, -0.05) is 13.8 Å². The van der Waals surface area contributed by atoms with Crippen molar-refractivity contribution < 1.29 is 19.1 Å². The van der Waals surface area contributed by atoms with Crippen LogP contribution in [0.1, 0.15) is 41.0 Å². The first-order chi connectivity index (χ1) is 8.65. The number of hydrogen-bond acceptors (Lipinski definition) is 4. The van der Waals surface area contributed by atoms with Crippen LogP contribution in [0.15, 0.2) is 0 Å². The lowest BCUT2D eigenvalue weighted by Crippen LogP contribution is -2.44. The van der Waals surface area contributed by atoms with E-state index in [0.29, 0.717) is 0 Å². The molecule has 0 rings (SSSR count). The Balaban J connectivity index is 4.44. The minimum atomic E-state index is -0.876. The van der Waals surface area contributed by atoms with Gasteiger partial charge in [-0.25, -0.2) is 9.59 Å². The summed E-state index contributed by atoms with van der Waals surface area (Å²) in [5.41, 5.74) is -0.632. The van der Waals surface area contributed by atoms with Crippen molar-refractivity contribution >= 4 is 12.1 Å². The maximum atomic E-state index is 11.8. The van der Waals surface area contributed by atoms with Crippen LogP contribution in [0.3, 0.4) is 0 Å². The molecule has 0 aromatic heterocycles. The van der Waals surface area contributed by atoms with Crippen LogP contribution < -0.4 is 5.32 Å². The Labute approximate surface area is 115 Å². The molecule has 0 saturated heterocycles. The Hall–Kier alpha value is -1.70. The number of alkyl carbamates (subject to hydrolysis) is 1. The van der Waals surface area contributed by atoms with Crippen molar-refractivity contribution in [3.05, 3.63) is 0 Å². The molecule has 0 radical (unpaired) electrons. The van der Waals surface area contributed by atoms with E-state index in [0.717, 1.165) is 0 Å². The average Bonchev–Trinajstić information content (AvgIpc) is 2.22. The Kier molecular flexibility index (Phi) is 6.99. The van der Waals surface area contributed by atoms with E-state index in [2.05, 4.69) is 11.2 Å². The van der Waals surface area contributed by atoms with E-state index >= 15 is 0 Å². The number of nitrogens with one attached hydrogen (secondary N) is 1. The molecule has 0 bridgehead atoms. The summed E-state index contributed by atoms with van der Waals surface area (Å²) < 4.78 is 10.1. The average molecular weight is 269 g/mol. The molecule has 0 aliphatic carbocycles. The molecule has 1 amide bonds. The van der Waals surface area contributed by atoms with E-state index in [1.54, 1.807) is 20.8 Å². The van der Waals surface area contributed by atoms with Gasteiger partial charge in [-0.3, -0.25) is 0 Å². The quantitative estimate of drug-likeness (QED) is 0.613. The van der Waals surface area contributed by atoms with Gasteiger partial charge in [0, 0.05) is 6.42 Å². The maximum Gasteiger partial charge on any atom is 0.408 e. The minimum Gasteiger partial charge on any atom is -0.464 e. The molecule has 0 aliphatic rings. The number of carbonyl (C=O) groups is 2. The number of terminal acetylenes is 1. The lowest BCUT2D eigenvalue weighted by atomic mass is 10.2. The second kappa shape index (κ2) is 7.67. The second-order valence-corrected chi connectivity index (χ2v) is 5.63. The zero-order chi connectivity index (χ0) is 15.1. The van der Waals surface area contributed by atoms with E-state index in [9.17, 15) is 9.59 Å². The van der Waals surface area contributed by atoms with Gasteiger partial charge in [-0.05, 0) is 26.7 Å². The summed E-state index contributed by atoms with van der Waals surface area (Å²) >= 11 is 0. The van der Waals surface area contributed by atoms with Crippen molar-refractivity contribution in [1.29, 1.82) is 0 Å². The van der Waals surface area contributed by atoms with Crippen molar-refractivity contribution in [2.24, 2.45) is 5.92 Å². The fraction of sp³-hybridized carbons (Fsp3) is 0.714. The van der Waals surface area contributed by atoms with Gasteiger partial charge in [-0.2, -0.15) is 0 Å². The lowest BCUT2D eigenvalue weighted by molar-refractivity contribution is -0.147. The molecule has 0 saturated carbocycles. The standard InChI is InChI=1S/C14H23NO4/c1-7-8-11(12(16)18-9-10(2)3)15-13(17)19-14(4,5)6/h1,10-11H,8-9H2,2-6H3,(H,15,17)/t11-/m0/s1. The monoisotopic (exact) mass is 269 g/mol. The summed E-state index contributed by atoms with van der Waals surface area (Å²) in [7, 11) is 0. The van der Waals surface area contributed by atoms with Gasteiger partial charge in [-0.15, -0.1) is 12.3 Å². The molecule has 0 unspecified atom stereocenters. The zero-order valence-electron chi connectivity index (χ0n) is 12.3. The number of amides is 1. The Morgan fingerprint density at radius 2 is 1.89 bits per heavy atom. The molecule has 0 heterocycles. The third-order valence-corrected chi connectivity index (χ3v) is 1.86. The van der Waals surface area contributed by atoms with Gasteiger partial charge in [0.15, 0.2) is 0 Å². The van der Waals surface area contributed by atoms with Gasteiger partial charge in [0.05, 0.1) is 6.61 Å². The normalized spacial score (nSPS) is 12.5. The van der Waals surface area contributed by atoms with Crippen LogP contribution in [-0.4, -0.2) is 30.3 Å². The van der Waals surface area contributed by atoms with Crippen LogP contribution in [-0.2, 0) is 14.3 Å². The van der Waals surface area contributed by atoms with Crippen molar-refractivity contribution in [3.8, 4) is 12.3 Å². The largest absolute Gasteiger partial charge is 0.464 e. The molecular weight excluding hydrogens is 246 g/mol. The summed E-state index contributed by atoms with van der Waals surface area (Å²) in [5, 5.41) is 2.42. The van der Waals surface area contributed by atoms with Crippen molar-refractivity contribution in [3.63, 3.8) is 0 Å². The van der Waals surface area contributed by atoms with Crippen LogP contribution in [0.4, 0.5) is 4.79 Å². The van der Waals surface area contributed by atoms with E-state index in [-0.39, 0.29) is 18.9 Å². The maximum absolute atomic E-state index is 11.8. The molecule has 0 fully saturated rings. The highest BCUT2D eigenvalue weighted by Gasteiger charge is 2.24. The van der Waals surface area contributed by atoms with Crippen molar-refractivity contribution in [2.75, 3.05) is 6.61 Å². The topological polar surface area (TPSA) is 64.6 Å². The Morgan fingerprint density at radius 3 is 2.32 bits per heavy atom. The fourth-order valence-corrected chi connectivity index (χ4v) is 1.11. The molecule has 5 nitrogen and oxygen atoms in total. The molecule has 0 spiro atoms. The first kappa shape index (κ1) is 17.3. The molecule has 1 atom stereocenters. The molecule has 5 heteroatoms. The fourth-order valence-electron chi connectivity index (χ4n) is 1.11. The highest BCUT2D eigenvalue weighted by Crippen LogP contribution is 2.07. The van der Waals surface area contributed by atoms with Gasteiger partial charge in [0.2, 0.25) is 0 Å². The predicted molar refractivity (Wildman–Crippen MR) is 72.4 cm³/mol. The summed E-state index contributed by atoms with van der Waals surface area (Å²) in [4.78, 5) is 23.3. The molecule has 0 aliphatic heterocycles. The summed E-state index contributed by atoms with van der Waals surface area (Å²) in [6.07, 6.45) is 4.56. The van der Waals surface area contributed by atoms with Crippen molar-refractivity contribution in [1.82, 2.24) is 5.32 Å². The number of ether oxygens (including phenoxy) is 2. The van der Waals surface area contributed by atoms with Crippen LogP contribution in [0, 0.1) is 18.3 Å². The van der Waals surface area contributed by atoms with E-state index in [1.807, 2.05) is 13.8 Å².